The molecule has 270 valence electrons. The molecule has 2 aromatic heterocycles. The number of amides is 1. The first-order valence-electron chi connectivity index (χ1n) is 17.0. The van der Waals surface area contributed by atoms with Crippen molar-refractivity contribution >= 4 is 17.4 Å². The van der Waals surface area contributed by atoms with Crippen LogP contribution in [0.2, 0.25) is 0 Å². The fraction of sp³-hybridized carbons (Fsp3) is 0.500. The van der Waals surface area contributed by atoms with Crippen molar-refractivity contribution in [3.05, 3.63) is 69.7 Å². The van der Waals surface area contributed by atoms with E-state index in [9.17, 15) is 18.0 Å². The summed E-state index contributed by atoms with van der Waals surface area (Å²) in [6.45, 7) is 8.94. The summed E-state index contributed by atoms with van der Waals surface area (Å²) in [6, 6.07) is 0.978. The molecule has 7 rings (SSSR count). The first-order valence-corrected chi connectivity index (χ1v) is 17.0. The molecule has 51 heavy (non-hydrogen) atoms. The van der Waals surface area contributed by atoms with E-state index < -0.39 is 40.5 Å². The van der Waals surface area contributed by atoms with Crippen LogP contribution in [0.4, 0.5) is 29.1 Å². The molecule has 0 saturated carbocycles. The van der Waals surface area contributed by atoms with Gasteiger partial charge in [-0.15, -0.1) is 5.92 Å². The Kier molecular flexibility index (Phi) is 8.95. The third-order valence-electron chi connectivity index (χ3n) is 10.2. The summed E-state index contributed by atoms with van der Waals surface area (Å²) >= 11 is 0. The molecule has 0 aliphatic carbocycles. The van der Waals surface area contributed by atoms with Gasteiger partial charge in [0.15, 0.2) is 5.82 Å². The van der Waals surface area contributed by atoms with Gasteiger partial charge in [0.05, 0.1) is 41.7 Å². The third-order valence-corrected chi connectivity index (χ3v) is 10.2. The Hall–Kier alpha value is -4.68. The van der Waals surface area contributed by atoms with Gasteiger partial charge < -0.3 is 29.6 Å². The van der Waals surface area contributed by atoms with E-state index in [2.05, 4.69) is 28.3 Å². The third kappa shape index (κ3) is 6.40. The molecule has 0 spiro atoms. The SMILES string of the molecule is C=C1CN2CCC[C@]2(COc2nc3c(c(N4CCCn5cc(C(=O)N(C)C)nc5C4)n2)CO[C@H](c2c(F)c(N)cc(C#CC)c2C(F)(F)F)C3)C1. The molecule has 11 nitrogen and oxygen atoms in total. The van der Waals surface area contributed by atoms with Crippen LogP contribution in [0.25, 0.3) is 0 Å². The number of nitrogen functional groups attached to an aromatic ring is 1. The highest BCUT2D eigenvalue weighted by Gasteiger charge is 2.47. The maximum absolute atomic E-state index is 15.7. The Morgan fingerprint density at radius 1 is 1.20 bits per heavy atom. The first kappa shape index (κ1) is 34.8. The van der Waals surface area contributed by atoms with Crippen LogP contribution in [0.1, 0.15) is 83.0 Å². The van der Waals surface area contributed by atoms with Gasteiger partial charge in [0.25, 0.3) is 5.91 Å². The number of imidazole rings is 1. The standard InChI is InChI=1S/C36H40F4N8O3/c1-5-8-22-13-24(41)31(37)29(30(22)36(38,39)40)27-14-25-23(19-50-27)32(44-34(43-25)51-20-35-9-6-12-48(35)16-21(2)15-35)47-11-7-10-46-17-26(33(49)45(3)4)42-28(46)18-47/h13,17,27H,2,6-7,9-12,14-16,18-20,41H2,1,3-4H3/t27-,35+/m0/s1. The molecule has 3 aromatic rings. The number of aryl methyl sites for hydroxylation is 1. The number of nitrogens with two attached hydrogens (primary N) is 1. The highest BCUT2D eigenvalue weighted by atomic mass is 19.4. The molecule has 15 heteroatoms. The predicted molar refractivity (Wildman–Crippen MR) is 180 cm³/mol. The number of fused-ring (bicyclic) bond motifs is 3. The van der Waals surface area contributed by atoms with Gasteiger partial charge in [0.1, 0.15) is 23.9 Å². The van der Waals surface area contributed by atoms with Crippen molar-refractivity contribution in [3.63, 3.8) is 0 Å². The number of hydrogen-bond acceptors (Lipinski definition) is 9. The van der Waals surface area contributed by atoms with E-state index in [0.717, 1.165) is 44.0 Å². The molecule has 6 heterocycles. The van der Waals surface area contributed by atoms with Crippen LogP contribution >= 0.6 is 0 Å². The number of halogens is 4. The molecule has 2 fully saturated rings. The molecule has 4 aliphatic heterocycles. The summed E-state index contributed by atoms with van der Waals surface area (Å²) in [6.07, 6.45) is -1.29. The van der Waals surface area contributed by atoms with Crippen molar-refractivity contribution in [2.24, 2.45) is 0 Å². The van der Waals surface area contributed by atoms with Gasteiger partial charge in [-0.25, -0.2) is 9.37 Å². The lowest BCUT2D eigenvalue weighted by Crippen LogP contribution is -2.43. The fourth-order valence-electron chi connectivity index (χ4n) is 7.90. The second-order valence-corrected chi connectivity index (χ2v) is 13.9. The predicted octanol–water partition coefficient (Wildman–Crippen LogP) is 4.88. The van der Waals surface area contributed by atoms with E-state index in [-0.39, 0.29) is 30.5 Å². The monoisotopic (exact) mass is 708 g/mol. The summed E-state index contributed by atoms with van der Waals surface area (Å²) in [5.41, 5.74) is 5.27. The molecule has 2 N–H and O–H groups in total. The van der Waals surface area contributed by atoms with Gasteiger partial charge in [-0.05, 0) is 45.2 Å². The van der Waals surface area contributed by atoms with Crippen molar-refractivity contribution in [1.82, 2.24) is 29.3 Å². The largest absolute Gasteiger partial charge is 0.461 e. The maximum Gasteiger partial charge on any atom is 0.418 e. The lowest BCUT2D eigenvalue weighted by atomic mass is 9.91. The molecule has 2 atom stereocenters. The molecule has 0 bridgehead atoms. The summed E-state index contributed by atoms with van der Waals surface area (Å²) in [4.78, 5) is 32.8. The van der Waals surface area contributed by atoms with Crippen molar-refractivity contribution in [1.29, 1.82) is 0 Å². The molecule has 1 aromatic carbocycles. The zero-order valence-electron chi connectivity index (χ0n) is 28.9. The summed E-state index contributed by atoms with van der Waals surface area (Å²) in [7, 11) is 3.33. The Labute approximate surface area is 293 Å². The van der Waals surface area contributed by atoms with E-state index in [0.29, 0.717) is 61.3 Å². The van der Waals surface area contributed by atoms with Crippen molar-refractivity contribution < 1.29 is 31.8 Å². The number of carbonyl (C=O) groups excluding carboxylic acids is 1. The number of anilines is 2. The molecule has 0 radical (unpaired) electrons. The van der Waals surface area contributed by atoms with E-state index in [1.54, 1.807) is 20.3 Å². The van der Waals surface area contributed by atoms with Crippen LogP contribution < -0.4 is 15.4 Å². The second-order valence-electron chi connectivity index (χ2n) is 13.9. The molecular weight excluding hydrogens is 668 g/mol. The Balaban J connectivity index is 1.29. The van der Waals surface area contributed by atoms with Crippen LogP contribution in [0.5, 0.6) is 6.01 Å². The van der Waals surface area contributed by atoms with Crippen molar-refractivity contribution in [2.45, 2.75) is 76.5 Å². The van der Waals surface area contributed by atoms with Crippen LogP contribution in [-0.4, -0.2) is 81.1 Å². The van der Waals surface area contributed by atoms with Crippen LogP contribution in [0, 0.1) is 17.7 Å². The smallest absolute Gasteiger partial charge is 0.418 e. The van der Waals surface area contributed by atoms with E-state index >= 15 is 4.39 Å². The van der Waals surface area contributed by atoms with E-state index in [1.165, 1.54) is 11.8 Å². The Morgan fingerprint density at radius 2 is 2.00 bits per heavy atom. The normalized spacial score (nSPS) is 21.7. The van der Waals surface area contributed by atoms with Gasteiger partial charge in [0, 0.05) is 63.0 Å². The Morgan fingerprint density at radius 3 is 2.75 bits per heavy atom. The lowest BCUT2D eigenvalue weighted by molar-refractivity contribution is -0.140. The van der Waals surface area contributed by atoms with Gasteiger partial charge in [-0.1, -0.05) is 18.1 Å². The average Bonchev–Trinajstić information content (AvgIpc) is 3.70. The maximum atomic E-state index is 15.7. The molecule has 4 aliphatic rings. The topological polar surface area (TPSA) is 115 Å². The first-order chi connectivity index (χ1) is 24.3. The minimum absolute atomic E-state index is 0.0702. The molecular formula is C36H40F4N8O3. The summed E-state index contributed by atoms with van der Waals surface area (Å²) in [5, 5.41) is 0. The number of benzene rings is 1. The van der Waals surface area contributed by atoms with Gasteiger partial charge in [-0.2, -0.15) is 23.1 Å². The van der Waals surface area contributed by atoms with Crippen molar-refractivity contribution in [3.8, 4) is 17.9 Å². The fourth-order valence-corrected chi connectivity index (χ4v) is 7.90. The lowest BCUT2D eigenvalue weighted by Gasteiger charge is -2.33. The van der Waals surface area contributed by atoms with Gasteiger partial charge >= 0.3 is 12.2 Å². The van der Waals surface area contributed by atoms with Gasteiger partial charge in [0.2, 0.25) is 0 Å². The highest BCUT2D eigenvalue weighted by molar-refractivity contribution is 5.91. The number of alkyl halides is 3. The quantitative estimate of drug-likeness (QED) is 0.166. The zero-order valence-corrected chi connectivity index (χ0v) is 28.9. The van der Waals surface area contributed by atoms with Crippen LogP contribution in [-0.2, 0) is 37.0 Å². The minimum atomic E-state index is -4.93. The number of carbonyl (C=O) groups is 1. The number of aromatic nitrogens is 4. The molecule has 0 unspecified atom stereocenters. The van der Waals surface area contributed by atoms with Gasteiger partial charge in [-0.3, -0.25) is 9.69 Å². The number of nitrogens with zero attached hydrogens (tertiary/aromatic N) is 7. The van der Waals surface area contributed by atoms with Crippen molar-refractivity contribution in [2.75, 3.05) is 51.0 Å². The Bertz CT molecular complexity index is 1970. The zero-order chi connectivity index (χ0) is 36.2. The van der Waals surface area contributed by atoms with Crippen LogP contribution in [0.3, 0.4) is 0 Å². The van der Waals surface area contributed by atoms with E-state index in [1.807, 2.05) is 9.47 Å². The van der Waals surface area contributed by atoms with Crippen LogP contribution in [0.15, 0.2) is 24.4 Å². The second kappa shape index (κ2) is 13.1. The summed E-state index contributed by atoms with van der Waals surface area (Å²) < 4.78 is 73.8. The molecule has 1 amide bonds. The minimum Gasteiger partial charge on any atom is -0.461 e. The molecule has 2 saturated heterocycles. The number of hydrogen-bond donors (Lipinski definition) is 1. The number of rotatable bonds is 6. The summed E-state index contributed by atoms with van der Waals surface area (Å²) in [5.74, 6) is 4.64. The van der Waals surface area contributed by atoms with E-state index in [4.69, 9.17) is 25.2 Å². The average molecular weight is 709 g/mol. The highest BCUT2D eigenvalue weighted by Crippen LogP contribution is 2.45. The number of ether oxygens (including phenoxy) is 2.